The van der Waals surface area contributed by atoms with Crippen LogP contribution in [0.1, 0.15) is 51.4 Å². The Morgan fingerprint density at radius 2 is 1.71 bits per heavy atom. The molecule has 1 unspecified atom stereocenters. The van der Waals surface area contributed by atoms with Gasteiger partial charge in [0.05, 0.1) is 6.42 Å². The lowest BCUT2D eigenvalue weighted by atomic mass is 9.96. The van der Waals surface area contributed by atoms with Gasteiger partial charge in [-0.3, -0.25) is 9.59 Å². The second-order valence-corrected chi connectivity index (χ2v) is 5.26. The predicted octanol–water partition coefficient (Wildman–Crippen LogP) is 2.03. The molecule has 96 valence electrons. The summed E-state index contributed by atoms with van der Waals surface area (Å²) >= 11 is 0. The van der Waals surface area contributed by atoms with Crippen LogP contribution in [0.15, 0.2) is 0 Å². The van der Waals surface area contributed by atoms with E-state index in [9.17, 15) is 9.59 Å². The van der Waals surface area contributed by atoms with Gasteiger partial charge in [-0.2, -0.15) is 0 Å². The maximum Gasteiger partial charge on any atom is 0.305 e. The number of aliphatic carboxylic acids is 1. The molecule has 2 aliphatic rings. The zero-order valence-electron chi connectivity index (χ0n) is 10.2. The fraction of sp³-hybridized carbons (Fsp3) is 0.846. The highest BCUT2D eigenvalue weighted by Crippen LogP contribution is 2.30. The van der Waals surface area contributed by atoms with E-state index in [0.29, 0.717) is 0 Å². The summed E-state index contributed by atoms with van der Waals surface area (Å²) in [7, 11) is 0. The smallest absolute Gasteiger partial charge is 0.305 e. The number of carboxylic acids is 1. The van der Waals surface area contributed by atoms with E-state index in [1.54, 1.807) is 0 Å². The van der Waals surface area contributed by atoms with Crippen LogP contribution in [0, 0.1) is 5.92 Å². The molecule has 4 nitrogen and oxygen atoms in total. The van der Waals surface area contributed by atoms with Crippen molar-refractivity contribution < 1.29 is 14.7 Å². The van der Waals surface area contributed by atoms with Gasteiger partial charge in [0.1, 0.15) is 0 Å². The van der Waals surface area contributed by atoms with Crippen LogP contribution in [0.25, 0.3) is 0 Å². The molecule has 0 aromatic rings. The van der Waals surface area contributed by atoms with E-state index in [1.165, 1.54) is 0 Å². The Morgan fingerprint density at radius 3 is 2.35 bits per heavy atom. The zero-order valence-corrected chi connectivity index (χ0v) is 10.2. The van der Waals surface area contributed by atoms with E-state index in [4.69, 9.17) is 5.11 Å². The average Bonchev–Trinajstić information content (AvgIpc) is 2.81. The van der Waals surface area contributed by atoms with Crippen LogP contribution in [-0.4, -0.2) is 34.5 Å². The summed E-state index contributed by atoms with van der Waals surface area (Å²) < 4.78 is 0. The number of likely N-dealkylation sites (tertiary alicyclic amines) is 1. The highest BCUT2D eigenvalue weighted by Gasteiger charge is 2.33. The molecular formula is C13H21NO3. The Labute approximate surface area is 102 Å². The van der Waals surface area contributed by atoms with Crippen molar-refractivity contribution in [1.29, 1.82) is 0 Å². The Kier molecular flexibility index (Phi) is 4.02. The highest BCUT2D eigenvalue weighted by molar-refractivity contribution is 5.80. The summed E-state index contributed by atoms with van der Waals surface area (Å²) in [4.78, 5) is 25.0. The maximum atomic E-state index is 12.3. The molecule has 0 aromatic heterocycles. The van der Waals surface area contributed by atoms with E-state index >= 15 is 0 Å². The number of carbonyl (C=O) groups is 2. The number of carbonyl (C=O) groups excluding carboxylic acids is 1. The Morgan fingerprint density at radius 1 is 1.06 bits per heavy atom. The maximum absolute atomic E-state index is 12.3. The van der Waals surface area contributed by atoms with Crippen molar-refractivity contribution in [2.45, 2.75) is 57.4 Å². The molecular weight excluding hydrogens is 218 g/mol. The molecule has 2 rings (SSSR count). The van der Waals surface area contributed by atoms with Crippen molar-refractivity contribution in [3.63, 3.8) is 0 Å². The van der Waals surface area contributed by atoms with Crippen LogP contribution in [0.2, 0.25) is 0 Å². The molecule has 4 heteroatoms. The first kappa shape index (κ1) is 12.4. The van der Waals surface area contributed by atoms with Crippen LogP contribution in [0.5, 0.6) is 0 Å². The summed E-state index contributed by atoms with van der Waals surface area (Å²) in [5.41, 5.74) is 0. The second-order valence-electron chi connectivity index (χ2n) is 5.26. The van der Waals surface area contributed by atoms with E-state index < -0.39 is 5.97 Å². The first-order valence-corrected chi connectivity index (χ1v) is 6.71. The van der Waals surface area contributed by atoms with Crippen LogP contribution >= 0.6 is 0 Å². The Balaban J connectivity index is 1.99. The lowest BCUT2D eigenvalue weighted by molar-refractivity contribution is -0.143. The van der Waals surface area contributed by atoms with E-state index in [-0.39, 0.29) is 24.3 Å². The number of hydrogen-bond donors (Lipinski definition) is 1. The number of nitrogens with zero attached hydrogens (tertiary/aromatic N) is 1. The summed E-state index contributed by atoms with van der Waals surface area (Å²) in [6.07, 6.45) is 7.32. The SMILES string of the molecule is O=C(O)CC1CCCCN1C(=O)C1CCCC1. The van der Waals surface area contributed by atoms with E-state index in [0.717, 1.165) is 51.5 Å². The van der Waals surface area contributed by atoms with E-state index in [1.807, 2.05) is 4.90 Å². The normalized spacial score (nSPS) is 26.1. The molecule has 1 aliphatic carbocycles. The largest absolute Gasteiger partial charge is 0.481 e. The topological polar surface area (TPSA) is 57.6 Å². The lowest BCUT2D eigenvalue weighted by Gasteiger charge is -2.36. The van der Waals surface area contributed by atoms with Crippen molar-refractivity contribution >= 4 is 11.9 Å². The summed E-state index contributed by atoms with van der Waals surface area (Å²) in [5, 5.41) is 8.89. The average molecular weight is 239 g/mol. The zero-order chi connectivity index (χ0) is 12.3. The molecule has 1 heterocycles. The standard InChI is InChI=1S/C13H21NO3/c15-12(16)9-11-7-3-4-8-14(11)13(17)10-5-1-2-6-10/h10-11H,1-9H2,(H,15,16). The van der Waals surface area contributed by atoms with Gasteiger partial charge in [0.15, 0.2) is 0 Å². The third-order valence-electron chi connectivity index (χ3n) is 4.02. The van der Waals surface area contributed by atoms with Crippen LogP contribution in [0.4, 0.5) is 0 Å². The minimum absolute atomic E-state index is 0.0608. The Bertz CT molecular complexity index is 297. The molecule has 1 atom stereocenters. The summed E-state index contributed by atoms with van der Waals surface area (Å²) in [5.74, 6) is -0.404. The minimum Gasteiger partial charge on any atom is -0.481 e. The number of amides is 1. The van der Waals surface area contributed by atoms with Crippen molar-refractivity contribution in [3.05, 3.63) is 0 Å². The first-order valence-electron chi connectivity index (χ1n) is 6.71. The number of hydrogen-bond acceptors (Lipinski definition) is 2. The molecule has 1 saturated heterocycles. The van der Waals surface area contributed by atoms with Gasteiger partial charge in [0, 0.05) is 18.5 Å². The minimum atomic E-state index is -0.791. The molecule has 17 heavy (non-hydrogen) atoms. The van der Waals surface area contributed by atoms with Gasteiger partial charge in [-0.25, -0.2) is 0 Å². The first-order chi connectivity index (χ1) is 8.18. The van der Waals surface area contributed by atoms with Crippen molar-refractivity contribution in [2.24, 2.45) is 5.92 Å². The number of piperidine rings is 1. The predicted molar refractivity (Wildman–Crippen MR) is 63.6 cm³/mol. The monoisotopic (exact) mass is 239 g/mol. The molecule has 0 bridgehead atoms. The van der Waals surface area contributed by atoms with E-state index in [2.05, 4.69) is 0 Å². The van der Waals surface area contributed by atoms with Gasteiger partial charge in [-0.15, -0.1) is 0 Å². The number of rotatable bonds is 3. The number of carboxylic acid groups (broad SMARTS) is 1. The van der Waals surface area contributed by atoms with Crippen molar-refractivity contribution in [2.75, 3.05) is 6.54 Å². The van der Waals surface area contributed by atoms with Crippen LogP contribution < -0.4 is 0 Å². The summed E-state index contributed by atoms with van der Waals surface area (Å²) in [6, 6.07) is -0.0608. The third kappa shape index (κ3) is 2.99. The highest BCUT2D eigenvalue weighted by atomic mass is 16.4. The van der Waals surface area contributed by atoms with Crippen molar-refractivity contribution in [1.82, 2.24) is 4.90 Å². The van der Waals surface area contributed by atoms with Gasteiger partial charge in [0.25, 0.3) is 0 Å². The molecule has 0 spiro atoms. The molecule has 1 saturated carbocycles. The molecule has 0 radical (unpaired) electrons. The quantitative estimate of drug-likeness (QED) is 0.819. The van der Waals surface area contributed by atoms with Gasteiger partial charge in [0.2, 0.25) is 5.91 Å². The Hall–Kier alpha value is -1.06. The van der Waals surface area contributed by atoms with Crippen LogP contribution in [-0.2, 0) is 9.59 Å². The van der Waals surface area contributed by atoms with Crippen molar-refractivity contribution in [3.8, 4) is 0 Å². The van der Waals surface area contributed by atoms with Gasteiger partial charge in [-0.1, -0.05) is 12.8 Å². The molecule has 0 aromatic carbocycles. The molecule has 2 fully saturated rings. The summed E-state index contributed by atoms with van der Waals surface area (Å²) in [6.45, 7) is 0.757. The molecule has 1 aliphatic heterocycles. The molecule has 1 N–H and O–H groups in total. The van der Waals surface area contributed by atoms with Crippen LogP contribution in [0.3, 0.4) is 0 Å². The van der Waals surface area contributed by atoms with Gasteiger partial charge < -0.3 is 10.0 Å². The molecule has 1 amide bonds. The second kappa shape index (κ2) is 5.52. The third-order valence-corrected chi connectivity index (χ3v) is 4.02. The van der Waals surface area contributed by atoms with Gasteiger partial charge in [-0.05, 0) is 32.1 Å². The van der Waals surface area contributed by atoms with Gasteiger partial charge >= 0.3 is 5.97 Å². The fourth-order valence-electron chi connectivity index (χ4n) is 3.11. The lowest BCUT2D eigenvalue weighted by Crippen LogP contribution is -2.46. The fourth-order valence-corrected chi connectivity index (χ4v) is 3.11.